The van der Waals surface area contributed by atoms with Gasteiger partial charge in [0.15, 0.2) is 0 Å². The standard InChI is InChI=1S/C15H31N3O/c1-3-15(2,18-8-10-19-11-9-18)14(17-16)12-13-6-4-5-7-13/h13-14,17H,3-12,16H2,1-2H3. The van der Waals surface area contributed by atoms with Gasteiger partial charge in [-0.3, -0.25) is 16.2 Å². The van der Waals surface area contributed by atoms with E-state index in [1.54, 1.807) is 0 Å². The van der Waals surface area contributed by atoms with Crippen LogP contribution < -0.4 is 11.3 Å². The average Bonchev–Trinajstić information content (AvgIpc) is 2.98. The normalized spacial score (nSPS) is 27.3. The minimum Gasteiger partial charge on any atom is -0.379 e. The predicted molar refractivity (Wildman–Crippen MR) is 78.8 cm³/mol. The number of hydrazine groups is 1. The Labute approximate surface area is 118 Å². The molecule has 112 valence electrons. The molecule has 2 aliphatic rings. The maximum atomic E-state index is 5.91. The highest BCUT2D eigenvalue weighted by Gasteiger charge is 2.39. The third kappa shape index (κ3) is 3.48. The molecule has 0 aromatic carbocycles. The zero-order valence-corrected chi connectivity index (χ0v) is 12.7. The summed E-state index contributed by atoms with van der Waals surface area (Å²) in [5, 5.41) is 0. The van der Waals surface area contributed by atoms with Gasteiger partial charge >= 0.3 is 0 Å². The van der Waals surface area contributed by atoms with Crippen molar-refractivity contribution in [3.63, 3.8) is 0 Å². The fraction of sp³-hybridized carbons (Fsp3) is 1.00. The molecule has 1 aliphatic carbocycles. The summed E-state index contributed by atoms with van der Waals surface area (Å²) in [6, 6.07) is 0.388. The first-order chi connectivity index (χ1) is 9.20. The molecule has 0 aromatic heterocycles. The largest absolute Gasteiger partial charge is 0.379 e. The van der Waals surface area contributed by atoms with Crippen molar-refractivity contribution in [2.45, 2.75) is 64.0 Å². The first kappa shape index (κ1) is 15.2. The Kier molecular flexibility index (Phi) is 5.63. The van der Waals surface area contributed by atoms with Crippen LogP contribution in [0.15, 0.2) is 0 Å². The van der Waals surface area contributed by atoms with Crippen molar-refractivity contribution in [2.24, 2.45) is 11.8 Å². The van der Waals surface area contributed by atoms with Gasteiger partial charge in [0.05, 0.1) is 13.2 Å². The molecule has 1 heterocycles. The van der Waals surface area contributed by atoms with Crippen molar-refractivity contribution in [1.29, 1.82) is 0 Å². The summed E-state index contributed by atoms with van der Waals surface area (Å²) in [6.45, 7) is 8.44. The topological polar surface area (TPSA) is 50.5 Å². The van der Waals surface area contributed by atoms with Crippen LogP contribution in [0.25, 0.3) is 0 Å². The molecule has 0 aromatic rings. The molecule has 4 heteroatoms. The number of hydrogen-bond donors (Lipinski definition) is 2. The van der Waals surface area contributed by atoms with Crippen LogP contribution in [0.1, 0.15) is 52.4 Å². The Bertz CT molecular complexity index is 262. The molecule has 2 atom stereocenters. The van der Waals surface area contributed by atoms with Gasteiger partial charge in [0.1, 0.15) is 0 Å². The lowest BCUT2D eigenvalue weighted by atomic mass is 9.81. The molecule has 2 rings (SSSR count). The van der Waals surface area contributed by atoms with Crippen molar-refractivity contribution < 1.29 is 4.74 Å². The summed E-state index contributed by atoms with van der Waals surface area (Å²) in [4.78, 5) is 2.58. The van der Waals surface area contributed by atoms with E-state index in [1.165, 1.54) is 32.1 Å². The number of nitrogens with one attached hydrogen (secondary N) is 1. The minimum atomic E-state index is 0.154. The Balaban J connectivity index is 2.01. The van der Waals surface area contributed by atoms with Gasteiger partial charge in [-0.05, 0) is 25.7 Å². The molecule has 0 radical (unpaired) electrons. The van der Waals surface area contributed by atoms with Gasteiger partial charge in [0, 0.05) is 24.7 Å². The lowest BCUT2D eigenvalue weighted by molar-refractivity contribution is -0.0354. The van der Waals surface area contributed by atoms with E-state index in [9.17, 15) is 0 Å². The van der Waals surface area contributed by atoms with Crippen molar-refractivity contribution >= 4 is 0 Å². The summed E-state index contributed by atoms with van der Waals surface area (Å²) in [7, 11) is 0. The van der Waals surface area contributed by atoms with E-state index in [2.05, 4.69) is 24.2 Å². The summed E-state index contributed by atoms with van der Waals surface area (Å²) in [5.74, 6) is 6.78. The van der Waals surface area contributed by atoms with Crippen molar-refractivity contribution in [2.75, 3.05) is 26.3 Å². The van der Waals surface area contributed by atoms with Gasteiger partial charge in [-0.15, -0.1) is 0 Å². The highest BCUT2D eigenvalue weighted by molar-refractivity contribution is 4.97. The van der Waals surface area contributed by atoms with Gasteiger partial charge in [-0.2, -0.15) is 0 Å². The van der Waals surface area contributed by atoms with E-state index < -0.39 is 0 Å². The first-order valence-corrected chi connectivity index (χ1v) is 7.99. The highest BCUT2D eigenvalue weighted by atomic mass is 16.5. The van der Waals surface area contributed by atoms with E-state index in [-0.39, 0.29) is 5.54 Å². The second kappa shape index (κ2) is 7.02. The first-order valence-electron chi connectivity index (χ1n) is 7.99. The number of morpholine rings is 1. The lowest BCUT2D eigenvalue weighted by Crippen LogP contribution is -2.63. The number of rotatable bonds is 6. The van der Waals surface area contributed by atoms with E-state index in [0.717, 1.165) is 38.6 Å². The van der Waals surface area contributed by atoms with Gasteiger partial charge in [0.2, 0.25) is 0 Å². The van der Waals surface area contributed by atoms with Crippen LogP contribution in [-0.2, 0) is 4.74 Å². The molecule has 1 saturated carbocycles. The fourth-order valence-electron chi connectivity index (χ4n) is 3.85. The summed E-state index contributed by atoms with van der Waals surface area (Å²) in [5.41, 5.74) is 3.29. The molecular weight excluding hydrogens is 238 g/mol. The Hall–Kier alpha value is -0.160. The average molecular weight is 269 g/mol. The molecule has 2 unspecified atom stereocenters. The molecule has 0 spiro atoms. The van der Waals surface area contributed by atoms with E-state index in [0.29, 0.717) is 6.04 Å². The third-order valence-electron chi connectivity index (χ3n) is 5.44. The molecule has 0 bridgehead atoms. The number of hydrogen-bond acceptors (Lipinski definition) is 4. The van der Waals surface area contributed by atoms with Crippen LogP contribution >= 0.6 is 0 Å². The number of nitrogens with two attached hydrogens (primary N) is 1. The third-order valence-corrected chi connectivity index (χ3v) is 5.44. The summed E-state index contributed by atoms with van der Waals surface area (Å²) < 4.78 is 5.49. The van der Waals surface area contributed by atoms with Crippen LogP contribution in [0.5, 0.6) is 0 Å². The molecule has 2 fully saturated rings. The van der Waals surface area contributed by atoms with Crippen LogP contribution in [0.3, 0.4) is 0 Å². The van der Waals surface area contributed by atoms with Gasteiger partial charge in [-0.1, -0.05) is 32.6 Å². The Morgan fingerprint density at radius 1 is 1.32 bits per heavy atom. The highest BCUT2D eigenvalue weighted by Crippen LogP contribution is 2.34. The van der Waals surface area contributed by atoms with Crippen molar-refractivity contribution in [3.05, 3.63) is 0 Å². The van der Waals surface area contributed by atoms with Crippen LogP contribution in [-0.4, -0.2) is 42.8 Å². The fourth-order valence-corrected chi connectivity index (χ4v) is 3.85. The van der Waals surface area contributed by atoms with Crippen LogP contribution in [0.2, 0.25) is 0 Å². The quantitative estimate of drug-likeness (QED) is 0.571. The number of nitrogens with zero attached hydrogens (tertiary/aromatic N) is 1. The molecule has 19 heavy (non-hydrogen) atoms. The Morgan fingerprint density at radius 3 is 2.47 bits per heavy atom. The minimum absolute atomic E-state index is 0.154. The second-order valence-corrected chi connectivity index (χ2v) is 6.42. The van der Waals surface area contributed by atoms with E-state index in [4.69, 9.17) is 10.6 Å². The molecule has 4 nitrogen and oxygen atoms in total. The zero-order valence-electron chi connectivity index (χ0n) is 12.7. The van der Waals surface area contributed by atoms with Crippen molar-refractivity contribution in [3.8, 4) is 0 Å². The molecule has 1 aliphatic heterocycles. The van der Waals surface area contributed by atoms with E-state index in [1.807, 2.05) is 0 Å². The maximum absolute atomic E-state index is 5.91. The van der Waals surface area contributed by atoms with Gasteiger partial charge in [0.25, 0.3) is 0 Å². The summed E-state index contributed by atoms with van der Waals surface area (Å²) >= 11 is 0. The predicted octanol–water partition coefficient (Wildman–Crippen LogP) is 1.90. The van der Waals surface area contributed by atoms with E-state index >= 15 is 0 Å². The van der Waals surface area contributed by atoms with Crippen LogP contribution in [0.4, 0.5) is 0 Å². The molecular formula is C15H31N3O. The lowest BCUT2D eigenvalue weighted by Gasteiger charge is -2.48. The second-order valence-electron chi connectivity index (χ2n) is 6.42. The van der Waals surface area contributed by atoms with Gasteiger partial charge in [-0.25, -0.2) is 0 Å². The molecule has 0 amide bonds. The Morgan fingerprint density at radius 2 is 1.95 bits per heavy atom. The maximum Gasteiger partial charge on any atom is 0.0594 e. The molecule has 1 saturated heterocycles. The van der Waals surface area contributed by atoms with Crippen LogP contribution in [0, 0.1) is 5.92 Å². The zero-order chi connectivity index (χ0) is 13.7. The van der Waals surface area contributed by atoms with Crippen molar-refractivity contribution in [1.82, 2.24) is 10.3 Å². The monoisotopic (exact) mass is 269 g/mol. The SMILES string of the molecule is CCC(C)(C(CC1CCCC1)NN)N1CCOCC1. The molecule has 3 N–H and O–H groups in total. The van der Waals surface area contributed by atoms with Gasteiger partial charge < -0.3 is 4.74 Å². The summed E-state index contributed by atoms with van der Waals surface area (Å²) in [6.07, 6.45) is 7.94. The number of ether oxygens (including phenoxy) is 1. The smallest absolute Gasteiger partial charge is 0.0594 e.